The minimum Gasteiger partial charge on any atom is -0.303 e. The Labute approximate surface area is 133 Å². The molecule has 0 bridgehead atoms. The number of hydrogen-bond acceptors (Lipinski definition) is 4. The van der Waals surface area contributed by atoms with E-state index in [0.29, 0.717) is 0 Å². The van der Waals surface area contributed by atoms with Gasteiger partial charge in [0.05, 0.1) is 5.52 Å². The second-order valence-electron chi connectivity index (χ2n) is 5.20. The molecular weight excluding hydrogens is 290 g/mol. The Morgan fingerprint density at radius 2 is 1.95 bits per heavy atom. The fourth-order valence-corrected chi connectivity index (χ4v) is 3.50. The minimum atomic E-state index is 0.965. The molecule has 22 heavy (non-hydrogen) atoms. The third kappa shape index (κ3) is 2.63. The van der Waals surface area contributed by atoms with Gasteiger partial charge in [0.15, 0.2) is 0 Å². The van der Waals surface area contributed by atoms with Crippen molar-refractivity contribution in [2.75, 3.05) is 12.4 Å². The van der Waals surface area contributed by atoms with Crippen LogP contribution in [0.5, 0.6) is 0 Å². The monoisotopic (exact) mass is 305 g/mol. The lowest BCUT2D eigenvalue weighted by Crippen LogP contribution is -2.04. The van der Waals surface area contributed by atoms with E-state index in [1.165, 1.54) is 27.0 Å². The van der Waals surface area contributed by atoms with E-state index < -0.39 is 0 Å². The number of thioether (sulfide) groups is 1. The third-order valence-corrected chi connectivity index (χ3v) is 4.72. The Bertz CT molecular complexity index is 835. The van der Waals surface area contributed by atoms with Crippen molar-refractivity contribution in [1.82, 2.24) is 15.3 Å². The zero-order chi connectivity index (χ0) is 14.8. The van der Waals surface area contributed by atoms with Crippen molar-refractivity contribution in [2.45, 2.75) is 0 Å². The summed E-state index contributed by atoms with van der Waals surface area (Å²) in [7, 11) is 0. The van der Waals surface area contributed by atoms with E-state index in [-0.39, 0.29) is 0 Å². The molecule has 0 radical (unpaired) electrons. The number of fused-ring (bicyclic) bond motifs is 1. The summed E-state index contributed by atoms with van der Waals surface area (Å²) in [6, 6.07) is 12.6. The predicted molar refractivity (Wildman–Crippen MR) is 93.4 cm³/mol. The third-order valence-electron chi connectivity index (χ3n) is 3.74. The summed E-state index contributed by atoms with van der Waals surface area (Å²) < 4.78 is 0. The van der Waals surface area contributed by atoms with Gasteiger partial charge in [0.25, 0.3) is 0 Å². The van der Waals surface area contributed by atoms with Gasteiger partial charge in [-0.2, -0.15) is 0 Å². The van der Waals surface area contributed by atoms with Crippen LogP contribution in [0.15, 0.2) is 59.9 Å². The first-order valence-electron chi connectivity index (χ1n) is 7.23. The highest BCUT2D eigenvalue weighted by Gasteiger charge is 2.08. The maximum Gasteiger partial charge on any atom is 0.0708 e. The first kappa shape index (κ1) is 13.5. The SMILES string of the molecule is C(=C1/CNCS1)/c1ccc2nccc(-c3ccncc3)c2c1. The molecule has 108 valence electrons. The van der Waals surface area contributed by atoms with Crippen molar-refractivity contribution in [3.05, 3.63) is 65.5 Å². The zero-order valence-electron chi connectivity index (χ0n) is 12.0. The molecule has 0 saturated carbocycles. The van der Waals surface area contributed by atoms with Crippen LogP contribution in [-0.4, -0.2) is 22.4 Å². The molecule has 4 heteroatoms. The van der Waals surface area contributed by atoms with Crippen molar-refractivity contribution in [3.63, 3.8) is 0 Å². The van der Waals surface area contributed by atoms with Gasteiger partial charge in [0.2, 0.25) is 0 Å². The van der Waals surface area contributed by atoms with Gasteiger partial charge in [-0.15, -0.1) is 11.8 Å². The molecule has 0 amide bonds. The highest BCUT2D eigenvalue weighted by Crippen LogP contribution is 2.29. The molecule has 0 atom stereocenters. The molecule has 3 nitrogen and oxygen atoms in total. The van der Waals surface area contributed by atoms with Crippen molar-refractivity contribution < 1.29 is 0 Å². The molecule has 1 aliphatic heterocycles. The van der Waals surface area contributed by atoms with Gasteiger partial charge >= 0.3 is 0 Å². The van der Waals surface area contributed by atoms with Gasteiger partial charge in [0, 0.05) is 41.3 Å². The quantitative estimate of drug-likeness (QED) is 0.778. The fourth-order valence-electron chi connectivity index (χ4n) is 2.68. The Morgan fingerprint density at radius 3 is 2.77 bits per heavy atom. The first-order valence-corrected chi connectivity index (χ1v) is 8.22. The van der Waals surface area contributed by atoms with Crippen molar-refractivity contribution >= 4 is 28.7 Å². The molecule has 1 aliphatic rings. The topological polar surface area (TPSA) is 37.8 Å². The number of hydrogen-bond donors (Lipinski definition) is 1. The van der Waals surface area contributed by atoms with Crippen LogP contribution in [0.2, 0.25) is 0 Å². The molecule has 3 heterocycles. The van der Waals surface area contributed by atoms with Gasteiger partial charge in [-0.25, -0.2) is 0 Å². The maximum atomic E-state index is 4.49. The Morgan fingerprint density at radius 1 is 1.05 bits per heavy atom. The smallest absolute Gasteiger partial charge is 0.0708 e. The highest BCUT2D eigenvalue weighted by molar-refractivity contribution is 8.03. The summed E-state index contributed by atoms with van der Waals surface area (Å²) in [5, 5.41) is 4.52. The molecule has 1 N–H and O–H groups in total. The first-order chi connectivity index (χ1) is 10.9. The van der Waals surface area contributed by atoms with Crippen LogP contribution < -0.4 is 5.32 Å². The number of aromatic nitrogens is 2. The average Bonchev–Trinajstić information content (AvgIpc) is 3.08. The largest absolute Gasteiger partial charge is 0.303 e. The summed E-state index contributed by atoms with van der Waals surface area (Å²) in [6.07, 6.45) is 7.78. The van der Waals surface area contributed by atoms with E-state index in [2.05, 4.69) is 45.6 Å². The molecule has 1 aromatic carbocycles. The molecule has 1 fully saturated rings. The normalized spacial score (nSPS) is 16.5. The lowest BCUT2D eigenvalue weighted by atomic mass is 10.0. The standard InChI is InChI=1S/C18H15N3S/c1-2-18-17(10-13(1)9-15-11-20-12-22-15)16(5-8-21-18)14-3-6-19-7-4-14/h1-10,20H,11-12H2/b15-9+. The molecule has 2 aromatic heterocycles. The van der Waals surface area contributed by atoms with Gasteiger partial charge in [0.1, 0.15) is 0 Å². The lowest BCUT2D eigenvalue weighted by Gasteiger charge is -2.07. The van der Waals surface area contributed by atoms with Gasteiger partial charge in [-0.05, 0) is 53.1 Å². The van der Waals surface area contributed by atoms with Crippen LogP contribution in [0.25, 0.3) is 28.1 Å². The van der Waals surface area contributed by atoms with E-state index >= 15 is 0 Å². The van der Waals surface area contributed by atoms with Crippen LogP contribution in [0, 0.1) is 0 Å². The summed E-state index contributed by atoms with van der Waals surface area (Å²) in [4.78, 5) is 9.97. The summed E-state index contributed by atoms with van der Waals surface area (Å²) in [5.74, 6) is 1.00. The van der Waals surface area contributed by atoms with Gasteiger partial charge in [-0.1, -0.05) is 6.07 Å². The van der Waals surface area contributed by atoms with E-state index in [1.807, 2.05) is 42.5 Å². The number of nitrogens with zero attached hydrogens (tertiary/aromatic N) is 2. The van der Waals surface area contributed by atoms with Gasteiger partial charge in [-0.3, -0.25) is 9.97 Å². The summed E-state index contributed by atoms with van der Waals surface area (Å²) in [6.45, 7) is 0.965. The Balaban J connectivity index is 1.85. The van der Waals surface area contributed by atoms with Crippen molar-refractivity contribution in [3.8, 4) is 11.1 Å². The lowest BCUT2D eigenvalue weighted by molar-refractivity contribution is 0.916. The summed E-state index contributed by atoms with van der Waals surface area (Å²) >= 11 is 1.87. The van der Waals surface area contributed by atoms with Crippen LogP contribution in [0.3, 0.4) is 0 Å². The second kappa shape index (κ2) is 5.91. The van der Waals surface area contributed by atoms with Gasteiger partial charge < -0.3 is 5.32 Å². The van der Waals surface area contributed by atoms with Crippen molar-refractivity contribution in [1.29, 1.82) is 0 Å². The number of benzene rings is 1. The molecule has 0 aliphatic carbocycles. The fraction of sp³-hybridized carbons (Fsp3) is 0.111. The molecule has 1 saturated heterocycles. The molecule has 0 unspecified atom stereocenters. The van der Waals surface area contributed by atoms with Crippen molar-refractivity contribution in [2.24, 2.45) is 0 Å². The predicted octanol–water partition coefficient (Wildman–Crippen LogP) is 3.93. The zero-order valence-corrected chi connectivity index (χ0v) is 12.8. The molecule has 0 spiro atoms. The molecule has 4 rings (SSSR count). The van der Waals surface area contributed by atoms with E-state index in [1.54, 1.807) is 0 Å². The number of nitrogens with one attached hydrogen (secondary N) is 1. The van der Waals surface area contributed by atoms with Crippen LogP contribution in [0.1, 0.15) is 5.56 Å². The molecule has 3 aromatic rings. The Kier molecular flexibility index (Phi) is 3.62. The van der Waals surface area contributed by atoms with E-state index in [0.717, 1.165) is 17.9 Å². The van der Waals surface area contributed by atoms with Crippen LogP contribution in [0.4, 0.5) is 0 Å². The average molecular weight is 305 g/mol. The molecular formula is C18H15N3S. The number of pyridine rings is 2. The van der Waals surface area contributed by atoms with E-state index in [4.69, 9.17) is 0 Å². The Hall–Kier alpha value is -2.17. The second-order valence-corrected chi connectivity index (χ2v) is 6.30. The summed E-state index contributed by atoms with van der Waals surface area (Å²) in [5.41, 5.74) is 4.62. The minimum absolute atomic E-state index is 0.965. The van der Waals surface area contributed by atoms with E-state index in [9.17, 15) is 0 Å². The van der Waals surface area contributed by atoms with Crippen LogP contribution >= 0.6 is 11.8 Å². The number of rotatable bonds is 2. The van der Waals surface area contributed by atoms with Crippen LogP contribution in [-0.2, 0) is 0 Å². The highest BCUT2D eigenvalue weighted by atomic mass is 32.2. The maximum absolute atomic E-state index is 4.49.